The number of hydrogen-bond donors (Lipinski definition) is 1. The Hall–Kier alpha value is -3.04. The fourth-order valence-electron chi connectivity index (χ4n) is 4.43. The lowest BCUT2D eigenvalue weighted by Crippen LogP contribution is -2.38. The van der Waals surface area contributed by atoms with Crippen LogP contribution in [0.1, 0.15) is 47.8 Å². The summed E-state index contributed by atoms with van der Waals surface area (Å²) in [4.78, 5) is 23.4. The van der Waals surface area contributed by atoms with E-state index in [-0.39, 0.29) is 11.9 Å². The number of aromatic nitrogens is 4. The Labute approximate surface area is 186 Å². The molecule has 2 aliphatic rings. The van der Waals surface area contributed by atoms with E-state index in [2.05, 4.69) is 25.3 Å². The van der Waals surface area contributed by atoms with Crippen molar-refractivity contribution in [2.24, 2.45) is 0 Å². The average Bonchev–Trinajstić information content (AvgIpc) is 3.51. The summed E-state index contributed by atoms with van der Waals surface area (Å²) >= 11 is 0. The van der Waals surface area contributed by atoms with Crippen LogP contribution in [0, 0.1) is 0 Å². The molecule has 1 N–H and O–H groups in total. The first-order valence-electron chi connectivity index (χ1n) is 11.2. The second-order valence-electron chi connectivity index (χ2n) is 8.47. The summed E-state index contributed by atoms with van der Waals surface area (Å²) in [5.74, 6) is 0.757. The van der Waals surface area contributed by atoms with Crippen molar-refractivity contribution in [1.82, 2.24) is 30.0 Å². The van der Waals surface area contributed by atoms with E-state index in [0.717, 1.165) is 69.0 Å². The summed E-state index contributed by atoms with van der Waals surface area (Å²) in [5.41, 5.74) is 2.39. The largest absolute Gasteiger partial charge is 0.467 e. The van der Waals surface area contributed by atoms with Gasteiger partial charge in [-0.2, -0.15) is 5.10 Å². The zero-order valence-corrected chi connectivity index (χ0v) is 18.0. The maximum atomic E-state index is 12.7. The molecule has 1 saturated carbocycles. The third-order valence-electron chi connectivity index (χ3n) is 6.27. The molecule has 3 aromatic heterocycles. The van der Waals surface area contributed by atoms with Crippen molar-refractivity contribution in [3.63, 3.8) is 0 Å². The van der Waals surface area contributed by atoms with Crippen LogP contribution < -0.4 is 5.32 Å². The van der Waals surface area contributed by atoms with E-state index >= 15 is 0 Å². The molecule has 0 aromatic carbocycles. The Bertz CT molecular complexity index is 1020. The summed E-state index contributed by atoms with van der Waals surface area (Å²) in [6.07, 6.45) is 14.3. The molecule has 32 heavy (non-hydrogen) atoms. The monoisotopic (exact) mass is 436 g/mol. The molecule has 0 atom stereocenters. The van der Waals surface area contributed by atoms with Gasteiger partial charge in [-0.25, -0.2) is 0 Å². The van der Waals surface area contributed by atoms with Crippen LogP contribution in [0.4, 0.5) is 0 Å². The van der Waals surface area contributed by atoms with Gasteiger partial charge >= 0.3 is 0 Å². The zero-order chi connectivity index (χ0) is 21.8. The molecule has 0 bridgehead atoms. The zero-order valence-electron chi connectivity index (χ0n) is 18.0. The third-order valence-corrected chi connectivity index (χ3v) is 6.27. The number of ether oxygens (including phenoxy) is 1. The van der Waals surface area contributed by atoms with Crippen molar-refractivity contribution in [3.8, 4) is 11.3 Å². The first-order chi connectivity index (χ1) is 15.7. The predicted molar refractivity (Wildman–Crippen MR) is 117 cm³/mol. The van der Waals surface area contributed by atoms with Crippen molar-refractivity contribution < 1.29 is 13.9 Å². The van der Waals surface area contributed by atoms with E-state index in [0.29, 0.717) is 18.2 Å². The molecule has 5 rings (SSSR count). The van der Waals surface area contributed by atoms with Crippen molar-refractivity contribution >= 4 is 5.91 Å². The van der Waals surface area contributed by atoms with Gasteiger partial charge < -0.3 is 14.5 Å². The Morgan fingerprint density at radius 3 is 2.75 bits per heavy atom. The topological polar surface area (TPSA) is 98.3 Å². The number of morpholine rings is 1. The van der Waals surface area contributed by atoms with E-state index in [4.69, 9.17) is 9.15 Å². The molecular formula is C23H28N6O3. The van der Waals surface area contributed by atoms with Gasteiger partial charge in [0.1, 0.15) is 12.0 Å². The molecule has 1 amide bonds. The Morgan fingerprint density at radius 2 is 1.97 bits per heavy atom. The van der Waals surface area contributed by atoms with Crippen LogP contribution in [0.25, 0.3) is 11.3 Å². The molecule has 0 unspecified atom stereocenters. The van der Waals surface area contributed by atoms with Crippen LogP contribution in [-0.2, 0) is 11.3 Å². The van der Waals surface area contributed by atoms with Gasteiger partial charge in [-0.3, -0.25) is 24.3 Å². The van der Waals surface area contributed by atoms with Gasteiger partial charge in [0, 0.05) is 43.3 Å². The molecule has 1 aliphatic carbocycles. The van der Waals surface area contributed by atoms with E-state index in [1.54, 1.807) is 24.9 Å². The highest BCUT2D eigenvalue weighted by molar-refractivity contribution is 5.94. The molecule has 1 aliphatic heterocycles. The fourth-order valence-corrected chi connectivity index (χ4v) is 4.43. The van der Waals surface area contributed by atoms with Crippen LogP contribution in [0.3, 0.4) is 0 Å². The highest BCUT2D eigenvalue weighted by Crippen LogP contribution is 2.29. The standard InChI is InChI=1S/C23H28N6O3/c30-23(17-11-21(32-16-17)15-28-7-9-31-10-8-28)27-19-1-3-20(4-2-19)29-14-18(12-26-29)22-13-24-5-6-25-22/h5-6,11-14,16,19-20H,1-4,7-10,15H2,(H,27,30). The number of carbonyl (C=O) groups excluding carboxylic acids is 1. The molecule has 0 radical (unpaired) electrons. The van der Waals surface area contributed by atoms with E-state index in [1.165, 1.54) is 0 Å². The van der Waals surface area contributed by atoms with Gasteiger partial charge in [-0.1, -0.05) is 0 Å². The SMILES string of the molecule is O=C(NC1CCC(n2cc(-c3cnccn3)cn2)CC1)c1coc(CN2CCOCC2)c1. The minimum atomic E-state index is -0.0607. The fraction of sp³-hybridized carbons (Fsp3) is 0.478. The number of nitrogens with one attached hydrogen (secondary N) is 1. The summed E-state index contributed by atoms with van der Waals surface area (Å²) in [6.45, 7) is 3.99. The minimum absolute atomic E-state index is 0.0607. The van der Waals surface area contributed by atoms with Gasteiger partial charge in [0.05, 0.1) is 49.5 Å². The van der Waals surface area contributed by atoms with Crippen LogP contribution >= 0.6 is 0 Å². The molecule has 4 heterocycles. The Kier molecular flexibility index (Phi) is 6.27. The highest BCUT2D eigenvalue weighted by Gasteiger charge is 2.25. The highest BCUT2D eigenvalue weighted by atomic mass is 16.5. The maximum Gasteiger partial charge on any atom is 0.254 e. The minimum Gasteiger partial charge on any atom is -0.467 e. The number of nitrogens with zero attached hydrogens (tertiary/aromatic N) is 5. The predicted octanol–water partition coefficient (Wildman–Crippen LogP) is 2.68. The smallest absolute Gasteiger partial charge is 0.254 e. The van der Waals surface area contributed by atoms with Gasteiger partial charge in [-0.05, 0) is 31.7 Å². The molecule has 9 heteroatoms. The molecule has 1 saturated heterocycles. The van der Waals surface area contributed by atoms with E-state index in [9.17, 15) is 4.79 Å². The second-order valence-corrected chi connectivity index (χ2v) is 8.47. The Morgan fingerprint density at radius 1 is 1.12 bits per heavy atom. The van der Waals surface area contributed by atoms with Gasteiger partial charge in [-0.15, -0.1) is 0 Å². The summed E-state index contributed by atoms with van der Waals surface area (Å²) in [7, 11) is 0. The lowest BCUT2D eigenvalue weighted by molar-refractivity contribution is 0.0313. The van der Waals surface area contributed by atoms with Crippen molar-refractivity contribution in [3.05, 3.63) is 54.6 Å². The second kappa shape index (κ2) is 9.62. The van der Waals surface area contributed by atoms with Gasteiger partial charge in [0.15, 0.2) is 0 Å². The summed E-state index contributed by atoms with van der Waals surface area (Å²) in [6, 6.07) is 2.36. The van der Waals surface area contributed by atoms with Crippen LogP contribution in [0.15, 0.2) is 47.7 Å². The molecule has 0 spiro atoms. The van der Waals surface area contributed by atoms with Crippen LogP contribution in [-0.4, -0.2) is 62.9 Å². The molecule has 2 fully saturated rings. The Balaban J connectivity index is 1.11. The molecule has 168 valence electrons. The van der Waals surface area contributed by atoms with Gasteiger partial charge in [0.25, 0.3) is 5.91 Å². The van der Waals surface area contributed by atoms with Gasteiger partial charge in [0.2, 0.25) is 0 Å². The number of rotatable bonds is 6. The lowest BCUT2D eigenvalue weighted by Gasteiger charge is -2.29. The van der Waals surface area contributed by atoms with E-state index < -0.39 is 0 Å². The molecule has 9 nitrogen and oxygen atoms in total. The quantitative estimate of drug-likeness (QED) is 0.634. The number of furan rings is 1. The molecular weight excluding hydrogens is 408 g/mol. The van der Waals surface area contributed by atoms with Crippen LogP contribution in [0.5, 0.6) is 0 Å². The number of carbonyl (C=O) groups is 1. The molecule has 3 aromatic rings. The lowest BCUT2D eigenvalue weighted by atomic mass is 9.91. The van der Waals surface area contributed by atoms with Crippen molar-refractivity contribution in [2.45, 2.75) is 44.3 Å². The third kappa shape index (κ3) is 4.89. The number of hydrogen-bond acceptors (Lipinski definition) is 7. The maximum absolute atomic E-state index is 12.7. The average molecular weight is 437 g/mol. The normalized spacial score (nSPS) is 22.0. The van der Waals surface area contributed by atoms with Crippen molar-refractivity contribution in [1.29, 1.82) is 0 Å². The first kappa shape index (κ1) is 20.8. The summed E-state index contributed by atoms with van der Waals surface area (Å²) in [5, 5.41) is 7.71. The van der Waals surface area contributed by atoms with E-state index in [1.807, 2.05) is 23.1 Å². The van der Waals surface area contributed by atoms with Crippen LogP contribution in [0.2, 0.25) is 0 Å². The van der Waals surface area contributed by atoms with Crippen molar-refractivity contribution in [2.75, 3.05) is 26.3 Å². The first-order valence-corrected chi connectivity index (χ1v) is 11.2. The number of amides is 1. The summed E-state index contributed by atoms with van der Waals surface area (Å²) < 4.78 is 13.0.